The van der Waals surface area contributed by atoms with E-state index < -0.39 is 16.1 Å². The monoisotopic (exact) mass is 442 g/mol. The van der Waals surface area contributed by atoms with Gasteiger partial charge < -0.3 is 0 Å². The molecule has 0 bridgehead atoms. The molecule has 0 saturated heterocycles. The molecule has 0 heterocycles. The Morgan fingerprint density at radius 3 is 1.40 bits per heavy atom. The summed E-state index contributed by atoms with van der Waals surface area (Å²) in [5.74, 6) is 8.00. The van der Waals surface area contributed by atoms with Gasteiger partial charge in [-0.05, 0) is 58.1 Å². The van der Waals surface area contributed by atoms with Gasteiger partial charge in [-0.25, -0.2) is 0 Å². The van der Waals surface area contributed by atoms with Crippen LogP contribution in [0, 0.1) is 28.8 Å². The van der Waals surface area contributed by atoms with Crippen LogP contribution in [0.2, 0.25) is 33.2 Å². The molecule has 0 aromatic rings. The smallest absolute Gasteiger partial charge is 0.130 e. The van der Waals surface area contributed by atoms with Crippen molar-refractivity contribution >= 4 is 16.1 Å². The maximum absolute atomic E-state index is 3.95. The third-order valence-corrected chi connectivity index (χ3v) is 20.7. The first-order valence-electron chi connectivity index (χ1n) is 12.6. The fourth-order valence-electron chi connectivity index (χ4n) is 6.36. The molecule has 0 aromatic heterocycles. The summed E-state index contributed by atoms with van der Waals surface area (Å²) < 4.78 is 0. The first-order valence-corrected chi connectivity index (χ1v) is 17.0. The molecule has 0 saturated carbocycles. The van der Waals surface area contributed by atoms with Gasteiger partial charge in [-0.3, -0.25) is 0 Å². The molecule has 0 aliphatic heterocycles. The van der Waals surface area contributed by atoms with E-state index in [9.17, 15) is 0 Å². The Bertz CT molecular complexity index is 655. The second-order valence-corrected chi connectivity index (χ2v) is 22.7. The van der Waals surface area contributed by atoms with Crippen LogP contribution in [0.4, 0.5) is 0 Å². The van der Waals surface area contributed by atoms with Crippen molar-refractivity contribution < 1.29 is 0 Å². The van der Waals surface area contributed by atoms with E-state index in [1.54, 1.807) is 0 Å². The first-order chi connectivity index (χ1) is 13.8. The van der Waals surface area contributed by atoms with E-state index in [1.807, 2.05) is 0 Å². The highest BCUT2D eigenvalue weighted by Crippen LogP contribution is 2.42. The third kappa shape index (κ3) is 5.75. The molecule has 170 valence electrons. The Balaban J connectivity index is 3.08. The lowest BCUT2D eigenvalue weighted by atomic mass is 9.91. The van der Waals surface area contributed by atoms with Gasteiger partial charge in [0, 0.05) is 5.92 Å². The van der Waals surface area contributed by atoms with Crippen LogP contribution >= 0.6 is 0 Å². The first kappa shape index (κ1) is 27.3. The highest BCUT2D eigenvalue weighted by Gasteiger charge is 2.42. The van der Waals surface area contributed by atoms with Crippen LogP contribution in [0.15, 0.2) is 11.6 Å². The highest BCUT2D eigenvalue weighted by molar-refractivity contribution is 6.91. The van der Waals surface area contributed by atoms with Crippen LogP contribution in [0.25, 0.3) is 0 Å². The minimum Gasteiger partial charge on any atom is -0.130 e. The van der Waals surface area contributed by atoms with Gasteiger partial charge in [-0.2, -0.15) is 0 Å². The standard InChI is InChI=1S/C28H50Si2/c1-21(2)29(22(3)4,23(5)6)19-17-27-13-15-28(16-14-27)18-20-30(24(7)8,25(9)10)26(11)12/h13,21-26,28H,14-16H2,1-12H3. The van der Waals surface area contributed by atoms with Crippen LogP contribution in [0.3, 0.4) is 0 Å². The molecule has 0 spiro atoms. The second-order valence-electron chi connectivity index (χ2n) is 11.5. The summed E-state index contributed by atoms with van der Waals surface area (Å²) in [6, 6.07) is 0. The van der Waals surface area contributed by atoms with E-state index in [0.717, 1.165) is 12.8 Å². The molecule has 0 fully saturated rings. The fraction of sp³-hybridized carbons (Fsp3) is 0.786. The summed E-state index contributed by atoms with van der Waals surface area (Å²) in [7, 11) is -3.24. The minimum atomic E-state index is -1.63. The van der Waals surface area contributed by atoms with Gasteiger partial charge in [0.2, 0.25) is 0 Å². The summed E-state index contributed by atoms with van der Waals surface area (Å²) in [6.45, 7) is 28.8. The topological polar surface area (TPSA) is 0 Å². The van der Waals surface area contributed by atoms with Crippen molar-refractivity contribution in [3.8, 4) is 22.9 Å². The Kier molecular flexibility index (Phi) is 10.2. The number of allylic oxidation sites excluding steroid dienone is 2. The zero-order valence-electron chi connectivity index (χ0n) is 22.2. The van der Waals surface area contributed by atoms with Crippen molar-refractivity contribution in [3.63, 3.8) is 0 Å². The Morgan fingerprint density at radius 2 is 1.07 bits per heavy atom. The average Bonchev–Trinajstić information content (AvgIpc) is 2.62. The van der Waals surface area contributed by atoms with Gasteiger partial charge in [-0.15, -0.1) is 17.0 Å². The summed E-state index contributed by atoms with van der Waals surface area (Å²) in [5, 5.41) is 0. The normalized spacial score (nSPS) is 18.1. The Hall–Kier alpha value is -0.706. The molecule has 30 heavy (non-hydrogen) atoms. The molecule has 0 N–H and O–H groups in total. The molecule has 1 unspecified atom stereocenters. The lowest BCUT2D eigenvalue weighted by Gasteiger charge is -2.38. The maximum Gasteiger partial charge on any atom is 0.146 e. The van der Waals surface area contributed by atoms with E-state index in [1.165, 1.54) is 12.0 Å². The molecule has 1 aliphatic carbocycles. The van der Waals surface area contributed by atoms with E-state index >= 15 is 0 Å². The maximum atomic E-state index is 3.95. The van der Waals surface area contributed by atoms with E-state index in [4.69, 9.17) is 0 Å². The van der Waals surface area contributed by atoms with Gasteiger partial charge in [-0.1, -0.05) is 95.1 Å². The fourth-order valence-corrected chi connectivity index (χ4v) is 16.9. The van der Waals surface area contributed by atoms with E-state index in [0.29, 0.717) is 39.2 Å². The molecule has 0 aromatic carbocycles. The minimum absolute atomic E-state index is 0.529. The van der Waals surface area contributed by atoms with Gasteiger partial charge in [0.25, 0.3) is 0 Å². The van der Waals surface area contributed by atoms with E-state index in [-0.39, 0.29) is 0 Å². The van der Waals surface area contributed by atoms with Gasteiger partial charge in [0.15, 0.2) is 0 Å². The lowest BCUT2D eigenvalue weighted by molar-refractivity contribution is 0.593. The van der Waals surface area contributed by atoms with Gasteiger partial charge in [0.05, 0.1) is 0 Å². The van der Waals surface area contributed by atoms with Crippen molar-refractivity contribution in [2.45, 2.75) is 136 Å². The van der Waals surface area contributed by atoms with Crippen molar-refractivity contribution in [3.05, 3.63) is 11.6 Å². The van der Waals surface area contributed by atoms with Crippen LogP contribution in [0.5, 0.6) is 0 Å². The summed E-state index contributed by atoms with van der Waals surface area (Å²) in [5.41, 5.74) is 13.5. The van der Waals surface area contributed by atoms with E-state index in [2.05, 4.69) is 112 Å². The van der Waals surface area contributed by atoms with Crippen molar-refractivity contribution in [2.24, 2.45) is 5.92 Å². The van der Waals surface area contributed by atoms with Crippen molar-refractivity contribution in [1.82, 2.24) is 0 Å². The zero-order chi connectivity index (χ0) is 23.3. The molecule has 1 atom stereocenters. The molecule has 2 heteroatoms. The summed E-state index contributed by atoms with van der Waals surface area (Å²) >= 11 is 0. The van der Waals surface area contributed by atoms with Gasteiger partial charge in [0.1, 0.15) is 16.1 Å². The molecule has 1 rings (SSSR count). The molecule has 0 radical (unpaired) electrons. The number of hydrogen-bond donors (Lipinski definition) is 0. The van der Waals surface area contributed by atoms with Crippen LogP contribution in [0.1, 0.15) is 102 Å². The average molecular weight is 443 g/mol. The predicted octanol–water partition coefficient (Wildman–Crippen LogP) is 9.16. The molecular weight excluding hydrogens is 392 g/mol. The zero-order valence-corrected chi connectivity index (χ0v) is 24.2. The summed E-state index contributed by atoms with van der Waals surface area (Å²) in [6.07, 6.45) is 5.81. The predicted molar refractivity (Wildman–Crippen MR) is 143 cm³/mol. The third-order valence-electron chi connectivity index (χ3n) is 8.08. The Labute approximate surface area is 192 Å². The largest absolute Gasteiger partial charge is 0.146 e. The van der Waals surface area contributed by atoms with Crippen LogP contribution in [-0.2, 0) is 0 Å². The van der Waals surface area contributed by atoms with Gasteiger partial charge >= 0.3 is 0 Å². The van der Waals surface area contributed by atoms with Crippen molar-refractivity contribution in [1.29, 1.82) is 0 Å². The summed E-state index contributed by atoms with van der Waals surface area (Å²) in [4.78, 5) is 0. The molecule has 0 amide bonds. The molecule has 1 aliphatic rings. The Morgan fingerprint density at radius 1 is 0.667 bits per heavy atom. The number of hydrogen-bond acceptors (Lipinski definition) is 0. The molecule has 0 nitrogen and oxygen atoms in total. The highest BCUT2D eigenvalue weighted by atomic mass is 28.3. The van der Waals surface area contributed by atoms with Crippen LogP contribution < -0.4 is 0 Å². The molecular formula is C28H50Si2. The number of rotatable bonds is 6. The second kappa shape index (κ2) is 11.2. The SMILES string of the molecule is CC(C)[Si](C#CC1=CCC(C#C[Si](C(C)C)(C(C)C)C(C)C)CC1)(C(C)C)C(C)C. The quantitative estimate of drug-likeness (QED) is 0.284. The van der Waals surface area contributed by atoms with Crippen LogP contribution in [-0.4, -0.2) is 16.1 Å². The van der Waals surface area contributed by atoms with Crippen molar-refractivity contribution in [2.75, 3.05) is 0 Å². The lowest BCUT2D eigenvalue weighted by Crippen LogP contribution is -2.43.